The summed E-state index contributed by atoms with van der Waals surface area (Å²) in [7, 11) is 0. The Morgan fingerprint density at radius 3 is 2.69 bits per heavy atom. The largest absolute Gasteiger partial charge is 0.313 e. The van der Waals surface area contributed by atoms with Crippen LogP contribution < -0.4 is 5.32 Å². The Morgan fingerprint density at radius 2 is 2.12 bits per heavy atom. The summed E-state index contributed by atoms with van der Waals surface area (Å²) >= 11 is 5.42. The van der Waals surface area contributed by atoms with Crippen LogP contribution in [0.5, 0.6) is 0 Å². The van der Waals surface area contributed by atoms with E-state index < -0.39 is 0 Å². The summed E-state index contributed by atoms with van der Waals surface area (Å²) in [6.07, 6.45) is 0. The highest BCUT2D eigenvalue weighted by Gasteiger charge is 2.11. The Labute approximate surface area is 112 Å². The normalized spacial score (nSPS) is 13.1. The van der Waals surface area contributed by atoms with Gasteiger partial charge in [0.15, 0.2) is 0 Å². The highest BCUT2D eigenvalue weighted by atomic mass is 79.9. The van der Waals surface area contributed by atoms with E-state index in [0.29, 0.717) is 12.0 Å². The molecule has 0 fully saturated rings. The Balaban J connectivity index is 2.48. The lowest BCUT2D eigenvalue weighted by molar-refractivity contribution is 0.443. The molecule has 0 saturated heterocycles. The van der Waals surface area contributed by atoms with E-state index in [1.807, 2.05) is 11.8 Å². The van der Waals surface area contributed by atoms with Crippen molar-refractivity contribution in [2.45, 2.75) is 31.7 Å². The molecule has 1 aromatic rings. The van der Waals surface area contributed by atoms with Gasteiger partial charge in [-0.3, -0.25) is 0 Å². The molecule has 0 saturated carbocycles. The minimum absolute atomic E-state index is 0.592. The van der Waals surface area contributed by atoms with Crippen molar-refractivity contribution in [3.63, 3.8) is 0 Å². The highest BCUT2D eigenvalue weighted by Crippen LogP contribution is 2.23. The van der Waals surface area contributed by atoms with Gasteiger partial charge in [0, 0.05) is 21.2 Å². The van der Waals surface area contributed by atoms with Crippen molar-refractivity contribution in [2.75, 3.05) is 12.3 Å². The molecule has 0 aliphatic rings. The molecule has 0 aliphatic heterocycles. The van der Waals surface area contributed by atoms with Gasteiger partial charge in [-0.05, 0) is 30.7 Å². The third-order valence-electron chi connectivity index (χ3n) is 2.50. The van der Waals surface area contributed by atoms with Crippen LogP contribution in [0.1, 0.15) is 20.8 Å². The molecule has 0 aliphatic carbocycles. The quantitative estimate of drug-likeness (QED) is 0.791. The zero-order valence-electron chi connectivity index (χ0n) is 10.2. The average molecular weight is 302 g/mol. The van der Waals surface area contributed by atoms with Gasteiger partial charge < -0.3 is 5.32 Å². The lowest BCUT2D eigenvalue weighted by Crippen LogP contribution is -2.35. The molecule has 0 spiro atoms. The molecule has 1 atom stereocenters. The molecule has 0 radical (unpaired) electrons. The number of thioether (sulfide) groups is 1. The second-order valence-electron chi connectivity index (χ2n) is 4.18. The van der Waals surface area contributed by atoms with Gasteiger partial charge in [-0.2, -0.15) is 0 Å². The van der Waals surface area contributed by atoms with E-state index in [2.05, 4.69) is 66.3 Å². The van der Waals surface area contributed by atoms with Gasteiger partial charge in [0.25, 0.3) is 0 Å². The van der Waals surface area contributed by atoms with Crippen LogP contribution in [0.15, 0.2) is 33.6 Å². The second kappa shape index (κ2) is 7.36. The van der Waals surface area contributed by atoms with Crippen LogP contribution >= 0.6 is 27.7 Å². The number of hydrogen-bond acceptors (Lipinski definition) is 2. The topological polar surface area (TPSA) is 12.0 Å². The molecule has 1 rings (SSSR count). The zero-order chi connectivity index (χ0) is 12.0. The fourth-order valence-corrected chi connectivity index (χ4v) is 3.30. The number of benzene rings is 1. The van der Waals surface area contributed by atoms with E-state index in [-0.39, 0.29) is 0 Å². The van der Waals surface area contributed by atoms with E-state index in [1.165, 1.54) is 4.90 Å². The Hall–Kier alpha value is 0.01000. The summed E-state index contributed by atoms with van der Waals surface area (Å²) in [5.41, 5.74) is 0. The van der Waals surface area contributed by atoms with Crippen molar-refractivity contribution in [1.29, 1.82) is 0 Å². The summed E-state index contributed by atoms with van der Waals surface area (Å²) < 4.78 is 1.15. The minimum atomic E-state index is 0.592. The molecule has 0 bridgehead atoms. The zero-order valence-corrected chi connectivity index (χ0v) is 12.6. The predicted octanol–water partition coefficient (Wildman–Crippen LogP) is 4.18. The van der Waals surface area contributed by atoms with E-state index in [9.17, 15) is 0 Å². The lowest BCUT2D eigenvalue weighted by atomic mass is 10.1. The molecule has 1 N–H and O–H groups in total. The van der Waals surface area contributed by atoms with E-state index in [4.69, 9.17) is 0 Å². The van der Waals surface area contributed by atoms with Crippen molar-refractivity contribution >= 4 is 27.7 Å². The summed E-state index contributed by atoms with van der Waals surface area (Å²) in [4.78, 5) is 1.33. The van der Waals surface area contributed by atoms with Gasteiger partial charge in [-0.25, -0.2) is 0 Å². The number of hydrogen-bond donors (Lipinski definition) is 1. The molecule has 16 heavy (non-hydrogen) atoms. The van der Waals surface area contributed by atoms with Crippen molar-refractivity contribution in [3.05, 3.63) is 28.7 Å². The van der Waals surface area contributed by atoms with E-state index in [0.717, 1.165) is 16.8 Å². The van der Waals surface area contributed by atoms with Crippen molar-refractivity contribution in [2.24, 2.45) is 5.92 Å². The molecule has 0 heterocycles. The number of halogens is 1. The third-order valence-corrected chi connectivity index (χ3v) is 4.10. The highest BCUT2D eigenvalue weighted by molar-refractivity contribution is 9.10. The molecule has 1 nitrogen and oxygen atoms in total. The minimum Gasteiger partial charge on any atom is -0.313 e. The Morgan fingerprint density at radius 1 is 1.38 bits per heavy atom. The standard InChI is InChI=1S/C13H20BrNS/c1-4-15-13(10(2)3)9-16-12-7-5-6-11(14)8-12/h5-8,10,13,15H,4,9H2,1-3H3. The second-order valence-corrected chi connectivity index (χ2v) is 6.19. The summed E-state index contributed by atoms with van der Waals surface area (Å²) in [5, 5.41) is 3.53. The van der Waals surface area contributed by atoms with Crippen LogP contribution in [-0.2, 0) is 0 Å². The Kier molecular flexibility index (Phi) is 6.47. The summed E-state index contributed by atoms with van der Waals surface area (Å²) in [6.45, 7) is 7.75. The van der Waals surface area contributed by atoms with Gasteiger partial charge in [0.05, 0.1) is 0 Å². The third kappa shape index (κ3) is 4.89. The maximum atomic E-state index is 3.53. The molecule has 0 amide bonds. The average Bonchev–Trinajstić information content (AvgIpc) is 2.24. The molecule has 1 aromatic carbocycles. The molecule has 0 aromatic heterocycles. The maximum Gasteiger partial charge on any atom is 0.0186 e. The van der Waals surface area contributed by atoms with Crippen molar-refractivity contribution in [3.8, 4) is 0 Å². The smallest absolute Gasteiger partial charge is 0.0186 e. The molecular weight excluding hydrogens is 282 g/mol. The number of rotatable bonds is 6. The van der Waals surface area contributed by atoms with Gasteiger partial charge in [-0.1, -0.05) is 42.8 Å². The predicted molar refractivity (Wildman–Crippen MR) is 77.2 cm³/mol. The van der Waals surface area contributed by atoms with Crippen LogP contribution in [0.4, 0.5) is 0 Å². The van der Waals surface area contributed by atoms with Gasteiger partial charge in [-0.15, -0.1) is 11.8 Å². The summed E-state index contributed by atoms with van der Waals surface area (Å²) in [5.74, 6) is 1.81. The first-order valence-electron chi connectivity index (χ1n) is 5.75. The van der Waals surface area contributed by atoms with Crippen LogP contribution in [0.2, 0.25) is 0 Å². The van der Waals surface area contributed by atoms with Gasteiger partial charge >= 0.3 is 0 Å². The monoisotopic (exact) mass is 301 g/mol. The lowest BCUT2D eigenvalue weighted by Gasteiger charge is -2.21. The van der Waals surface area contributed by atoms with Crippen LogP contribution in [0.25, 0.3) is 0 Å². The SMILES string of the molecule is CCNC(CSc1cccc(Br)c1)C(C)C. The molecular formula is C13H20BrNS. The maximum absolute atomic E-state index is 3.53. The molecule has 90 valence electrons. The molecule has 3 heteroatoms. The van der Waals surface area contributed by atoms with Crippen molar-refractivity contribution < 1.29 is 0 Å². The first-order chi connectivity index (χ1) is 7.63. The van der Waals surface area contributed by atoms with E-state index >= 15 is 0 Å². The van der Waals surface area contributed by atoms with Crippen molar-refractivity contribution in [1.82, 2.24) is 5.32 Å². The number of nitrogens with one attached hydrogen (secondary N) is 1. The fourth-order valence-electron chi connectivity index (χ4n) is 1.49. The first-order valence-corrected chi connectivity index (χ1v) is 7.53. The fraction of sp³-hybridized carbons (Fsp3) is 0.538. The van der Waals surface area contributed by atoms with Crippen LogP contribution in [0.3, 0.4) is 0 Å². The first kappa shape index (κ1) is 14.1. The molecule has 1 unspecified atom stereocenters. The van der Waals surface area contributed by atoms with E-state index in [1.54, 1.807) is 0 Å². The van der Waals surface area contributed by atoms with Crippen LogP contribution in [0, 0.1) is 5.92 Å². The van der Waals surface area contributed by atoms with Gasteiger partial charge in [0.1, 0.15) is 0 Å². The Bertz CT molecular complexity index is 315. The van der Waals surface area contributed by atoms with Gasteiger partial charge in [0.2, 0.25) is 0 Å². The van der Waals surface area contributed by atoms with Crippen LogP contribution in [-0.4, -0.2) is 18.3 Å². The summed E-state index contributed by atoms with van der Waals surface area (Å²) in [6, 6.07) is 9.08.